The summed E-state index contributed by atoms with van der Waals surface area (Å²) in [6.07, 6.45) is 4.70. The molecule has 0 amide bonds. The molecule has 0 bridgehead atoms. The second-order valence-electron chi connectivity index (χ2n) is 10.2. The van der Waals surface area contributed by atoms with E-state index in [1.54, 1.807) is 85.3 Å². The molecule has 0 rings (SSSR count). The third-order valence-corrected chi connectivity index (χ3v) is 25.0. The molecule has 0 aliphatic carbocycles. The largest absolute Gasteiger partial charge is 0.500 e. The standard InChI is InChI=1S/C25H61O12Si5.W/c1-26-39(27-2,28-3)22-14-13-18-38(19-15-23-40(29-4,30-5)31-6,20-16-24-41(32-7,33-8)34-9)21-17-25-42(35-10,36-11)37-12;/h18H,13-17,19-25H2,1-12H3;/q-1;. The fourth-order valence-corrected chi connectivity index (χ4v) is 18.4. The molecule has 0 radical (unpaired) electrons. The van der Waals surface area contributed by atoms with Crippen molar-refractivity contribution in [1.82, 2.24) is 0 Å². The van der Waals surface area contributed by atoms with Crippen LogP contribution in [0.2, 0.25) is 42.3 Å². The fraction of sp³-hybridized carbons (Fsp3) is 0.960. The predicted octanol–water partition coefficient (Wildman–Crippen LogP) is 4.64. The van der Waals surface area contributed by atoms with Crippen molar-refractivity contribution in [3.8, 4) is 0 Å². The third-order valence-electron chi connectivity index (χ3n) is 8.47. The minimum absolute atomic E-state index is 0. The molecule has 0 unspecified atom stereocenters. The summed E-state index contributed by atoms with van der Waals surface area (Å²) in [7, 11) is 7.28. The van der Waals surface area contributed by atoms with Crippen LogP contribution in [-0.4, -0.2) is 129 Å². The zero-order valence-electron chi connectivity index (χ0n) is 28.9. The Hall–Kier alpha value is 1.29. The first-order valence-corrected chi connectivity index (χ1v) is 24.9. The summed E-state index contributed by atoms with van der Waals surface area (Å²) in [5, 5.41) is 0. The first-order chi connectivity index (χ1) is 20.1. The Bertz CT molecular complexity index is 575. The van der Waals surface area contributed by atoms with Crippen molar-refractivity contribution in [2.24, 2.45) is 0 Å². The molecule has 0 aromatic heterocycles. The van der Waals surface area contributed by atoms with E-state index in [-0.39, 0.29) is 21.1 Å². The Morgan fingerprint density at radius 1 is 0.326 bits per heavy atom. The summed E-state index contributed by atoms with van der Waals surface area (Å²) in [4.78, 5) is 0. The van der Waals surface area contributed by atoms with E-state index in [9.17, 15) is 0 Å². The van der Waals surface area contributed by atoms with Crippen molar-refractivity contribution in [3.05, 3.63) is 6.04 Å². The van der Waals surface area contributed by atoms with Gasteiger partial charge >= 0.3 is 35.2 Å². The molecule has 0 aromatic rings. The summed E-state index contributed by atoms with van der Waals surface area (Å²) in [5.74, 6) is 0. The number of hydrogen-bond donors (Lipinski definition) is 0. The van der Waals surface area contributed by atoms with Crippen molar-refractivity contribution in [3.63, 3.8) is 0 Å². The molecular formula is C25H61O12Si5W-. The Kier molecular flexibility index (Phi) is 26.4. The van der Waals surface area contributed by atoms with Gasteiger partial charge in [-0.05, 0) is 0 Å². The summed E-state index contributed by atoms with van der Waals surface area (Å²) >= 11 is 0. The topological polar surface area (TPSA) is 111 Å². The van der Waals surface area contributed by atoms with Gasteiger partial charge in [0.1, 0.15) is 0 Å². The summed E-state index contributed by atoms with van der Waals surface area (Å²) in [6.45, 7) is 0. The Morgan fingerprint density at radius 2 is 0.535 bits per heavy atom. The number of rotatable bonds is 29. The van der Waals surface area contributed by atoms with E-state index >= 15 is 0 Å². The van der Waals surface area contributed by atoms with Crippen molar-refractivity contribution in [2.75, 3.05) is 85.3 Å². The van der Waals surface area contributed by atoms with Crippen LogP contribution in [0.4, 0.5) is 0 Å². The van der Waals surface area contributed by atoms with Crippen LogP contribution in [-0.2, 0) is 74.2 Å². The minimum Gasteiger partial charge on any atom is -0.377 e. The van der Waals surface area contributed by atoms with Gasteiger partial charge in [0, 0.05) is 131 Å². The molecule has 0 aromatic carbocycles. The van der Waals surface area contributed by atoms with Gasteiger partial charge < -0.3 is 59.2 Å². The Labute approximate surface area is 282 Å². The average molecular weight is 878 g/mol. The van der Waals surface area contributed by atoms with Crippen molar-refractivity contribution < 1.29 is 74.2 Å². The molecule has 0 saturated heterocycles. The quantitative estimate of drug-likeness (QED) is 0.0594. The zero-order chi connectivity index (χ0) is 32.2. The van der Waals surface area contributed by atoms with Gasteiger partial charge in [-0.25, -0.2) is 0 Å². The van der Waals surface area contributed by atoms with E-state index in [0.717, 1.165) is 74.4 Å². The van der Waals surface area contributed by atoms with E-state index in [1.165, 1.54) is 0 Å². The molecule has 0 heterocycles. The maximum atomic E-state index is 5.74. The molecule has 0 fully saturated rings. The van der Waals surface area contributed by atoms with Crippen LogP contribution in [0.25, 0.3) is 0 Å². The Morgan fingerprint density at radius 3 is 0.744 bits per heavy atom. The van der Waals surface area contributed by atoms with Crippen LogP contribution >= 0.6 is 0 Å². The number of hydrogen-bond acceptors (Lipinski definition) is 12. The summed E-state index contributed by atoms with van der Waals surface area (Å²) < 4.78 is 68.6. The summed E-state index contributed by atoms with van der Waals surface area (Å²) in [5.41, 5.74) is 0. The van der Waals surface area contributed by atoms with Crippen LogP contribution in [0.15, 0.2) is 0 Å². The molecule has 0 N–H and O–H groups in total. The van der Waals surface area contributed by atoms with Gasteiger partial charge in [0.2, 0.25) is 0 Å². The molecule has 18 heteroatoms. The van der Waals surface area contributed by atoms with E-state index < -0.39 is 43.3 Å². The van der Waals surface area contributed by atoms with E-state index in [4.69, 9.17) is 53.1 Å². The van der Waals surface area contributed by atoms with Gasteiger partial charge in [0.15, 0.2) is 0 Å². The molecule has 0 atom stereocenters. The van der Waals surface area contributed by atoms with Crippen LogP contribution in [0.5, 0.6) is 0 Å². The predicted molar refractivity (Wildman–Crippen MR) is 174 cm³/mol. The maximum absolute atomic E-state index is 5.74. The van der Waals surface area contributed by atoms with Crippen LogP contribution < -0.4 is 0 Å². The van der Waals surface area contributed by atoms with Gasteiger partial charge in [-0.3, -0.25) is 0 Å². The second-order valence-corrected chi connectivity index (χ2v) is 27.2. The van der Waals surface area contributed by atoms with Crippen molar-refractivity contribution in [2.45, 2.75) is 74.4 Å². The van der Waals surface area contributed by atoms with Crippen molar-refractivity contribution in [1.29, 1.82) is 0 Å². The van der Waals surface area contributed by atoms with Gasteiger partial charge in [-0.15, -0.1) is 0 Å². The molecule has 260 valence electrons. The molecule has 0 spiro atoms. The first kappa shape index (κ1) is 46.4. The zero-order valence-corrected chi connectivity index (χ0v) is 36.8. The fourth-order valence-electron chi connectivity index (χ4n) is 5.60. The molecule has 12 nitrogen and oxygen atoms in total. The first-order valence-electron chi connectivity index (χ1n) is 14.5. The number of unbranched alkanes of at least 4 members (excludes halogenated alkanes) is 1. The molecule has 0 saturated carbocycles. The van der Waals surface area contributed by atoms with Gasteiger partial charge in [-0.1, -0.05) is 51.9 Å². The maximum Gasteiger partial charge on any atom is 0.500 e. The molecule has 0 aliphatic rings. The molecular weight excluding hydrogens is 817 g/mol. The normalized spacial score (nSPS) is 13.4. The molecule has 43 heavy (non-hydrogen) atoms. The third kappa shape index (κ3) is 14.9. The second kappa shape index (κ2) is 24.4. The van der Waals surface area contributed by atoms with E-state index in [0.29, 0.717) is 0 Å². The van der Waals surface area contributed by atoms with Gasteiger partial charge in [-0.2, -0.15) is 6.42 Å². The van der Waals surface area contributed by atoms with Gasteiger partial charge in [0.05, 0.1) is 0 Å². The monoisotopic (exact) mass is 877 g/mol. The van der Waals surface area contributed by atoms with E-state index in [1.807, 2.05) is 0 Å². The van der Waals surface area contributed by atoms with E-state index in [2.05, 4.69) is 6.04 Å². The van der Waals surface area contributed by atoms with Crippen LogP contribution in [0.3, 0.4) is 0 Å². The van der Waals surface area contributed by atoms with Crippen molar-refractivity contribution >= 4 is 43.3 Å². The summed E-state index contributed by atoms with van der Waals surface area (Å²) in [6, 6.07) is 8.86. The Balaban J connectivity index is 0. The smallest absolute Gasteiger partial charge is 0.377 e. The SMILES string of the molecule is CO[Si](CCC[CH-][Si](CCC[Si](OC)(OC)OC)(CCC[Si](OC)(OC)OC)CCC[Si](OC)(OC)OC)(OC)OC.[W]. The minimum atomic E-state index is -2.69. The molecule has 0 aliphatic heterocycles. The van der Waals surface area contributed by atoms with Gasteiger partial charge in [0.25, 0.3) is 0 Å². The van der Waals surface area contributed by atoms with Crippen LogP contribution in [0.1, 0.15) is 32.1 Å². The van der Waals surface area contributed by atoms with Crippen LogP contribution in [0, 0.1) is 6.04 Å². The average Bonchev–Trinajstić information content (AvgIpc) is 3.04.